The Bertz CT molecular complexity index is 1650. The third-order valence-corrected chi connectivity index (χ3v) is 17.2. The predicted molar refractivity (Wildman–Crippen MR) is 340 cm³/mol. The van der Waals surface area contributed by atoms with Crippen molar-refractivity contribution in [2.75, 3.05) is 39.6 Å². The number of aliphatic hydroxyl groups is 1. The van der Waals surface area contributed by atoms with E-state index in [9.17, 15) is 43.2 Å². The van der Waals surface area contributed by atoms with Gasteiger partial charge in [0.15, 0.2) is 12.2 Å². The van der Waals surface area contributed by atoms with E-state index in [4.69, 9.17) is 37.0 Å². The lowest BCUT2D eigenvalue weighted by Gasteiger charge is -2.21. The van der Waals surface area contributed by atoms with Crippen molar-refractivity contribution in [3.05, 3.63) is 0 Å². The fourth-order valence-corrected chi connectivity index (χ4v) is 11.5. The first-order chi connectivity index (χ1) is 41.0. The van der Waals surface area contributed by atoms with Gasteiger partial charge in [0, 0.05) is 25.7 Å². The summed E-state index contributed by atoms with van der Waals surface area (Å²) < 4.78 is 68.0. The highest BCUT2D eigenvalue weighted by molar-refractivity contribution is 7.47. The molecule has 17 nitrogen and oxygen atoms in total. The van der Waals surface area contributed by atoms with Gasteiger partial charge in [0.25, 0.3) is 0 Å². The van der Waals surface area contributed by atoms with Crippen molar-refractivity contribution in [1.29, 1.82) is 0 Å². The van der Waals surface area contributed by atoms with Crippen LogP contribution < -0.4 is 0 Å². The van der Waals surface area contributed by atoms with E-state index in [1.807, 2.05) is 0 Å². The number of esters is 4. The number of carbonyl (C=O) groups excluding carboxylic acids is 4. The second-order valence-corrected chi connectivity index (χ2v) is 27.2. The van der Waals surface area contributed by atoms with Crippen molar-refractivity contribution in [2.45, 2.75) is 355 Å². The molecule has 0 heterocycles. The van der Waals surface area contributed by atoms with Gasteiger partial charge in [-0.05, 0) is 31.6 Å². The number of carbonyl (C=O) groups is 4. The Hall–Kier alpha value is -1.94. The SMILES string of the molecule is CCCCCCCCCCCCCCCCCC(=O)O[C@H](COC(=O)CCCCCCCCCCCCC(C)C)COP(=O)(O)OC[C@@H](O)COP(=O)(O)OC[C@@H](COC(=O)CCCCCCCCC)OC(=O)CCCCCCCCCCCC. The first-order valence-electron chi connectivity index (χ1n) is 34.6. The molecule has 0 bridgehead atoms. The average Bonchev–Trinajstić information content (AvgIpc) is 3.52. The highest BCUT2D eigenvalue weighted by Gasteiger charge is 2.30. The maximum atomic E-state index is 13.0. The fourth-order valence-electron chi connectivity index (χ4n) is 9.94. The summed E-state index contributed by atoms with van der Waals surface area (Å²) in [4.78, 5) is 72.2. The summed E-state index contributed by atoms with van der Waals surface area (Å²) in [5, 5.41) is 10.5. The van der Waals surface area contributed by atoms with Crippen LogP contribution in [0, 0.1) is 5.92 Å². The third kappa shape index (κ3) is 60.7. The topological polar surface area (TPSA) is 237 Å². The Kier molecular flexibility index (Phi) is 58.3. The fraction of sp³-hybridized carbons (Fsp3) is 0.939. The molecule has 0 aliphatic heterocycles. The van der Waals surface area contributed by atoms with Gasteiger partial charge in [-0.15, -0.1) is 0 Å². The van der Waals surface area contributed by atoms with E-state index in [0.29, 0.717) is 25.7 Å². The number of unbranched alkanes of at least 4 members (excludes halogenated alkanes) is 38. The molecule has 0 aromatic heterocycles. The van der Waals surface area contributed by atoms with Crippen LogP contribution in [0.5, 0.6) is 0 Å². The van der Waals surface area contributed by atoms with E-state index in [1.165, 1.54) is 148 Å². The smallest absolute Gasteiger partial charge is 0.462 e. The molecule has 0 saturated heterocycles. The number of phosphoric ester groups is 2. The Labute approximate surface area is 517 Å². The number of rotatable bonds is 66. The molecule has 0 aromatic rings. The third-order valence-electron chi connectivity index (χ3n) is 15.3. The molecule has 504 valence electrons. The second-order valence-electron chi connectivity index (χ2n) is 24.3. The zero-order valence-electron chi connectivity index (χ0n) is 54.7. The average molecular weight is 1260 g/mol. The van der Waals surface area contributed by atoms with Gasteiger partial charge in [-0.1, -0.05) is 285 Å². The van der Waals surface area contributed by atoms with Crippen LogP contribution in [0.25, 0.3) is 0 Å². The van der Waals surface area contributed by atoms with Crippen molar-refractivity contribution >= 4 is 39.5 Å². The minimum Gasteiger partial charge on any atom is -0.462 e. The van der Waals surface area contributed by atoms with Crippen LogP contribution >= 0.6 is 15.6 Å². The van der Waals surface area contributed by atoms with Crippen molar-refractivity contribution in [2.24, 2.45) is 5.92 Å². The molecule has 0 aliphatic carbocycles. The molecule has 19 heteroatoms. The number of phosphoric acid groups is 2. The molecule has 2 unspecified atom stereocenters. The van der Waals surface area contributed by atoms with Gasteiger partial charge in [-0.2, -0.15) is 0 Å². The van der Waals surface area contributed by atoms with E-state index < -0.39 is 97.5 Å². The summed E-state index contributed by atoms with van der Waals surface area (Å²) in [6, 6.07) is 0. The van der Waals surface area contributed by atoms with Crippen LogP contribution in [0.2, 0.25) is 0 Å². The summed E-state index contributed by atoms with van der Waals surface area (Å²) in [6.07, 6.45) is 44.5. The summed E-state index contributed by atoms with van der Waals surface area (Å²) in [5.74, 6) is -1.37. The standard InChI is InChI=1S/C66H128O17P2/c1-6-9-12-15-18-20-22-23-24-25-26-32-37-42-47-52-66(71)83-62(56-77-64(69)50-45-40-35-31-28-27-29-34-38-43-48-59(4)5)58-81-85(74,75)79-54-60(67)53-78-84(72,73)80-57-61(55-76-63(68)49-44-39-33-17-14-11-8-3)82-65(70)51-46-41-36-30-21-19-16-13-10-7-2/h59-62,67H,6-58H2,1-5H3,(H,72,73)(H,74,75)/t60-,61+,62+/m0/s1. The second kappa shape index (κ2) is 59.7. The molecule has 0 aromatic carbocycles. The zero-order chi connectivity index (χ0) is 62.8. The molecule has 0 fully saturated rings. The maximum absolute atomic E-state index is 13.0. The van der Waals surface area contributed by atoms with Crippen LogP contribution in [0.15, 0.2) is 0 Å². The minimum atomic E-state index is -4.95. The molecular weight excluding hydrogens is 1130 g/mol. The van der Waals surface area contributed by atoms with Gasteiger partial charge in [0.1, 0.15) is 19.3 Å². The van der Waals surface area contributed by atoms with E-state index >= 15 is 0 Å². The van der Waals surface area contributed by atoms with Crippen LogP contribution in [0.4, 0.5) is 0 Å². The largest absolute Gasteiger partial charge is 0.472 e. The lowest BCUT2D eigenvalue weighted by molar-refractivity contribution is -0.161. The van der Waals surface area contributed by atoms with Crippen LogP contribution in [0.1, 0.15) is 336 Å². The van der Waals surface area contributed by atoms with E-state index in [-0.39, 0.29) is 25.7 Å². The van der Waals surface area contributed by atoms with Crippen LogP contribution in [0.3, 0.4) is 0 Å². The summed E-state index contributed by atoms with van der Waals surface area (Å²) in [7, 11) is -9.88. The van der Waals surface area contributed by atoms with Crippen LogP contribution in [-0.2, 0) is 65.4 Å². The van der Waals surface area contributed by atoms with Crippen molar-refractivity contribution in [3.63, 3.8) is 0 Å². The molecular formula is C66H128O17P2. The van der Waals surface area contributed by atoms with E-state index in [2.05, 4.69) is 34.6 Å². The Morgan fingerprint density at radius 3 is 0.800 bits per heavy atom. The molecule has 0 amide bonds. The Morgan fingerprint density at radius 2 is 0.541 bits per heavy atom. The molecule has 5 atom stereocenters. The normalized spacial score (nSPS) is 14.2. The maximum Gasteiger partial charge on any atom is 0.472 e. The first-order valence-corrected chi connectivity index (χ1v) is 37.6. The molecule has 0 spiro atoms. The van der Waals surface area contributed by atoms with Crippen molar-refractivity contribution < 1.29 is 80.2 Å². The van der Waals surface area contributed by atoms with Gasteiger partial charge in [0.05, 0.1) is 26.4 Å². The van der Waals surface area contributed by atoms with E-state index in [1.54, 1.807) is 0 Å². The lowest BCUT2D eigenvalue weighted by atomic mass is 10.0. The molecule has 0 rings (SSSR count). The van der Waals surface area contributed by atoms with Gasteiger partial charge in [-0.25, -0.2) is 9.13 Å². The summed E-state index contributed by atoms with van der Waals surface area (Å²) in [6.45, 7) is 7.16. The lowest BCUT2D eigenvalue weighted by Crippen LogP contribution is -2.30. The minimum absolute atomic E-state index is 0.106. The highest BCUT2D eigenvalue weighted by atomic mass is 31.2. The number of ether oxygens (including phenoxy) is 4. The van der Waals surface area contributed by atoms with Crippen molar-refractivity contribution in [1.82, 2.24) is 0 Å². The van der Waals surface area contributed by atoms with Crippen molar-refractivity contribution in [3.8, 4) is 0 Å². The Balaban J connectivity index is 5.21. The highest BCUT2D eigenvalue weighted by Crippen LogP contribution is 2.45. The zero-order valence-corrected chi connectivity index (χ0v) is 56.5. The first kappa shape index (κ1) is 83.1. The Morgan fingerprint density at radius 1 is 0.318 bits per heavy atom. The number of aliphatic hydroxyl groups excluding tert-OH is 1. The van der Waals surface area contributed by atoms with Gasteiger partial charge in [-0.3, -0.25) is 37.3 Å². The van der Waals surface area contributed by atoms with Gasteiger partial charge >= 0.3 is 39.5 Å². The van der Waals surface area contributed by atoms with Gasteiger partial charge < -0.3 is 33.8 Å². The van der Waals surface area contributed by atoms with Crippen LogP contribution in [-0.4, -0.2) is 96.7 Å². The van der Waals surface area contributed by atoms with Gasteiger partial charge in [0.2, 0.25) is 0 Å². The summed E-state index contributed by atoms with van der Waals surface area (Å²) in [5.41, 5.74) is 0. The number of hydrogen-bond acceptors (Lipinski definition) is 15. The van der Waals surface area contributed by atoms with E-state index in [0.717, 1.165) is 109 Å². The number of hydrogen-bond donors (Lipinski definition) is 3. The molecule has 0 saturated carbocycles. The monoisotopic (exact) mass is 1250 g/mol. The molecule has 3 N–H and O–H groups in total. The molecule has 0 radical (unpaired) electrons. The summed E-state index contributed by atoms with van der Waals surface area (Å²) >= 11 is 0. The predicted octanol–water partition coefficient (Wildman–Crippen LogP) is 18.6. The quantitative estimate of drug-likeness (QED) is 0.0222. The molecule has 0 aliphatic rings. The molecule has 85 heavy (non-hydrogen) atoms.